The number of aromatic nitrogens is 3. The summed E-state index contributed by atoms with van der Waals surface area (Å²) < 4.78 is 15.7. The molecule has 0 saturated heterocycles. The van der Waals surface area contributed by atoms with Crippen LogP contribution in [0.2, 0.25) is 0 Å². The number of benzene rings is 7. The summed E-state index contributed by atoms with van der Waals surface area (Å²) in [6.07, 6.45) is 8.75. The number of hydrogen-bond acceptors (Lipinski definition) is 3. The van der Waals surface area contributed by atoms with Gasteiger partial charge in [-0.15, -0.1) is 94.5 Å². The van der Waals surface area contributed by atoms with Crippen molar-refractivity contribution in [1.29, 1.82) is 0 Å². The Kier molecular flexibility index (Phi) is 13.7. The first kappa shape index (κ1) is 43.8. The molecule has 0 N–H and O–H groups in total. The molecule has 318 valence electrons. The first-order valence-corrected chi connectivity index (χ1v) is 22.0. The van der Waals surface area contributed by atoms with E-state index in [2.05, 4.69) is 142 Å². The Hall–Kier alpha value is -7.43. The molecule has 3 aromatic heterocycles. The van der Waals surface area contributed by atoms with Crippen molar-refractivity contribution in [2.24, 2.45) is 0 Å². The average molecular weight is 1030 g/mol. The molecule has 0 saturated carbocycles. The monoisotopic (exact) mass is 1030 g/mol. The molecular formula is C61H43FIrN3. The molecule has 0 bridgehead atoms. The second kappa shape index (κ2) is 20.6. The number of aryl methyl sites for hydroxylation is 4. The molecule has 7 aromatic carbocycles. The normalized spacial score (nSPS) is 10.9. The van der Waals surface area contributed by atoms with Crippen LogP contribution in [0.4, 0.5) is 4.39 Å². The van der Waals surface area contributed by atoms with E-state index in [1.807, 2.05) is 85.2 Å². The van der Waals surface area contributed by atoms with Gasteiger partial charge in [0.15, 0.2) is 0 Å². The molecule has 0 radical (unpaired) electrons. The quantitative estimate of drug-likeness (QED) is 0.108. The Balaban J connectivity index is 0.00000548. The van der Waals surface area contributed by atoms with Crippen molar-refractivity contribution in [3.05, 3.63) is 259 Å². The minimum Gasteiger partial charge on any atom is -0.305 e. The van der Waals surface area contributed by atoms with Gasteiger partial charge in [-0.3, -0.25) is 0 Å². The van der Waals surface area contributed by atoms with Gasteiger partial charge in [-0.05, 0) is 105 Å². The zero-order valence-corrected chi connectivity index (χ0v) is 38.5. The number of nitrogens with zero attached hydrogens (tertiary/aromatic N) is 3. The molecule has 0 aliphatic heterocycles. The summed E-state index contributed by atoms with van der Waals surface area (Å²) in [6, 6.07) is 76.1. The third-order valence-corrected chi connectivity index (χ3v) is 11.9. The van der Waals surface area contributed by atoms with Gasteiger partial charge in [0.1, 0.15) is 5.82 Å². The Morgan fingerprint density at radius 1 is 0.333 bits per heavy atom. The van der Waals surface area contributed by atoms with Crippen molar-refractivity contribution in [1.82, 2.24) is 15.0 Å². The molecule has 0 aliphatic rings. The van der Waals surface area contributed by atoms with Crippen molar-refractivity contribution in [2.75, 3.05) is 0 Å². The molecule has 0 atom stereocenters. The molecular weight excluding hydrogens is 986 g/mol. The van der Waals surface area contributed by atoms with E-state index in [1.54, 1.807) is 18.3 Å². The maximum absolute atomic E-state index is 15.7. The van der Waals surface area contributed by atoms with Crippen LogP contribution < -0.4 is 0 Å². The minimum atomic E-state index is -0.296. The molecule has 0 aliphatic carbocycles. The van der Waals surface area contributed by atoms with E-state index in [9.17, 15) is 0 Å². The fourth-order valence-electron chi connectivity index (χ4n) is 8.46. The van der Waals surface area contributed by atoms with E-state index in [-0.39, 0.29) is 25.9 Å². The minimum absolute atomic E-state index is 0. The molecule has 0 fully saturated rings. The number of halogens is 1. The predicted molar refractivity (Wildman–Crippen MR) is 262 cm³/mol. The van der Waals surface area contributed by atoms with E-state index < -0.39 is 0 Å². The van der Waals surface area contributed by atoms with E-state index >= 15 is 4.39 Å². The summed E-state index contributed by atoms with van der Waals surface area (Å²) in [7, 11) is 0. The Morgan fingerprint density at radius 3 is 1.36 bits per heavy atom. The van der Waals surface area contributed by atoms with Crippen molar-refractivity contribution >= 4 is 0 Å². The number of hydrogen-bond donors (Lipinski definition) is 0. The molecule has 0 spiro atoms. The fraction of sp³-hybridized carbons (Fsp3) is 0.0656. The van der Waals surface area contributed by atoms with E-state index in [4.69, 9.17) is 0 Å². The predicted octanol–water partition coefficient (Wildman–Crippen LogP) is 14.6. The molecule has 3 heterocycles. The summed E-state index contributed by atoms with van der Waals surface area (Å²) in [5.41, 5.74) is 18.3. The standard InChI is InChI=1S/C61H43FN3.Ir/c62-54-32-34-55(58(42-54)56-33-31-52(61-14-6-9-37-65-61)41-57(56)49-29-27-48(28-30-49)47-10-2-1-3-11-47)53-39-45(17-15-43-19-23-50(24-20-43)59-12-4-7-35-63-59)38-46(40-53)18-16-44-21-25-51(26-22-44)60-13-5-8-36-64-60;/h1-14,19-23,25,27-30,32-42H,15-18H2;/q-3;+3. The third kappa shape index (κ3) is 10.2. The van der Waals surface area contributed by atoms with Gasteiger partial charge in [0.25, 0.3) is 0 Å². The zero-order chi connectivity index (χ0) is 43.8. The van der Waals surface area contributed by atoms with E-state index in [1.165, 1.54) is 22.3 Å². The van der Waals surface area contributed by atoms with Crippen LogP contribution in [0.5, 0.6) is 0 Å². The summed E-state index contributed by atoms with van der Waals surface area (Å²) in [5.74, 6) is -0.296. The van der Waals surface area contributed by atoms with Gasteiger partial charge in [-0.25, -0.2) is 4.39 Å². The Morgan fingerprint density at radius 2 is 0.833 bits per heavy atom. The van der Waals surface area contributed by atoms with Gasteiger partial charge in [-0.1, -0.05) is 139 Å². The van der Waals surface area contributed by atoms with E-state index in [0.29, 0.717) is 0 Å². The first-order valence-electron chi connectivity index (χ1n) is 22.0. The summed E-state index contributed by atoms with van der Waals surface area (Å²) >= 11 is 0. The number of pyridine rings is 3. The fourth-order valence-corrected chi connectivity index (χ4v) is 8.46. The summed E-state index contributed by atoms with van der Waals surface area (Å²) in [6.45, 7) is 0. The molecule has 10 rings (SSSR count). The zero-order valence-electron chi connectivity index (χ0n) is 36.1. The summed E-state index contributed by atoms with van der Waals surface area (Å²) in [4.78, 5) is 13.7. The van der Waals surface area contributed by atoms with Gasteiger partial charge in [-0.2, -0.15) is 0 Å². The molecule has 66 heavy (non-hydrogen) atoms. The van der Waals surface area contributed by atoms with Gasteiger partial charge >= 0.3 is 20.1 Å². The average Bonchev–Trinajstić information content (AvgIpc) is 3.38. The second-order valence-electron chi connectivity index (χ2n) is 16.2. The Bertz CT molecular complexity index is 3060. The van der Waals surface area contributed by atoms with Gasteiger partial charge in [0.05, 0.1) is 0 Å². The smallest absolute Gasteiger partial charge is 0.305 e. The Labute approximate surface area is 400 Å². The maximum Gasteiger partial charge on any atom is 3.00 e. The van der Waals surface area contributed by atoms with Crippen LogP contribution in [0, 0.1) is 24.0 Å². The van der Waals surface area contributed by atoms with Crippen LogP contribution in [0.3, 0.4) is 0 Å². The van der Waals surface area contributed by atoms with Crippen LogP contribution in [0.25, 0.3) is 78.3 Å². The van der Waals surface area contributed by atoms with Gasteiger partial charge in [0.2, 0.25) is 0 Å². The van der Waals surface area contributed by atoms with Crippen LogP contribution in [0.15, 0.2) is 213 Å². The van der Waals surface area contributed by atoms with Crippen LogP contribution >= 0.6 is 0 Å². The summed E-state index contributed by atoms with van der Waals surface area (Å²) in [5, 5.41) is 0. The van der Waals surface area contributed by atoms with Gasteiger partial charge < -0.3 is 15.0 Å². The van der Waals surface area contributed by atoms with Crippen LogP contribution in [-0.2, 0) is 45.8 Å². The largest absolute Gasteiger partial charge is 3.00 e. The second-order valence-corrected chi connectivity index (χ2v) is 16.2. The van der Waals surface area contributed by atoms with Crippen molar-refractivity contribution in [2.45, 2.75) is 25.7 Å². The maximum atomic E-state index is 15.7. The molecule has 0 amide bonds. The molecule has 0 unspecified atom stereocenters. The molecule has 10 aromatic rings. The van der Waals surface area contributed by atoms with Crippen molar-refractivity contribution in [3.8, 4) is 78.3 Å². The third-order valence-electron chi connectivity index (χ3n) is 11.9. The molecule has 5 heteroatoms. The van der Waals surface area contributed by atoms with E-state index in [0.717, 1.165) is 104 Å². The van der Waals surface area contributed by atoms with Crippen molar-refractivity contribution in [3.63, 3.8) is 0 Å². The van der Waals surface area contributed by atoms with Crippen LogP contribution in [-0.4, -0.2) is 15.0 Å². The molecule has 3 nitrogen and oxygen atoms in total. The SMILES string of the molecule is Fc1ccc(-c2cc(CCc3c[c-]c(-c4ccccn4)cc3)cc(CCc3c[c-]c(-c4ccccn4)cc3)c2)c(-c2c[c-]c(-c3ccccn3)cc2-c2ccc(-c3ccccc3)cc2)c1.[Ir+3]. The van der Waals surface area contributed by atoms with Crippen molar-refractivity contribution < 1.29 is 24.5 Å². The van der Waals surface area contributed by atoms with Crippen LogP contribution in [0.1, 0.15) is 22.3 Å². The first-order chi connectivity index (χ1) is 32.1. The topological polar surface area (TPSA) is 38.7 Å². The van der Waals surface area contributed by atoms with Gasteiger partial charge in [0, 0.05) is 18.6 Å². The number of rotatable bonds is 13.